The second kappa shape index (κ2) is 4.05. The van der Waals surface area contributed by atoms with Gasteiger partial charge in [0, 0.05) is 25.2 Å². The highest BCUT2D eigenvalue weighted by Gasteiger charge is 2.51. The van der Waals surface area contributed by atoms with E-state index < -0.39 is 19.0 Å². The maximum absolute atomic E-state index is 12.8. The van der Waals surface area contributed by atoms with Gasteiger partial charge in [0.25, 0.3) is 5.92 Å². The molecule has 0 saturated carbocycles. The molecule has 0 aliphatic carbocycles. The molecule has 3 aliphatic heterocycles. The molecule has 0 spiro atoms. The molecular formula is C12H19F2N3O. The van der Waals surface area contributed by atoms with Crippen LogP contribution in [0.2, 0.25) is 0 Å². The van der Waals surface area contributed by atoms with Crippen molar-refractivity contribution in [1.82, 2.24) is 14.7 Å². The van der Waals surface area contributed by atoms with Crippen LogP contribution in [0.1, 0.15) is 19.8 Å². The average molecular weight is 259 g/mol. The van der Waals surface area contributed by atoms with E-state index in [2.05, 4.69) is 11.8 Å². The highest BCUT2D eigenvalue weighted by atomic mass is 19.3. The van der Waals surface area contributed by atoms with Crippen LogP contribution in [0.3, 0.4) is 0 Å². The van der Waals surface area contributed by atoms with Gasteiger partial charge in [0.15, 0.2) is 0 Å². The topological polar surface area (TPSA) is 26.8 Å². The van der Waals surface area contributed by atoms with Gasteiger partial charge in [-0.15, -0.1) is 0 Å². The van der Waals surface area contributed by atoms with E-state index in [9.17, 15) is 13.6 Å². The SMILES string of the molecule is CCN1CC2CCC(C1)N2C(=O)N1CC(F)(F)C1. The van der Waals surface area contributed by atoms with E-state index >= 15 is 0 Å². The second-order valence-electron chi connectivity index (χ2n) is 5.64. The lowest BCUT2D eigenvalue weighted by Crippen LogP contribution is -2.65. The summed E-state index contributed by atoms with van der Waals surface area (Å²) in [6.07, 6.45) is 2.02. The van der Waals surface area contributed by atoms with Crippen molar-refractivity contribution in [3.63, 3.8) is 0 Å². The van der Waals surface area contributed by atoms with Crippen molar-refractivity contribution in [3.8, 4) is 0 Å². The minimum Gasteiger partial charge on any atom is -0.316 e. The fraction of sp³-hybridized carbons (Fsp3) is 0.917. The monoisotopic (exact) mass is 259 g/mol. The molecule has 3 heterocycles. The second-order valence-corrected chi connectivity index (χ2v) is 5.64. The number of likely N-dealkylation sites (tertiary alicyclic amines) is 2. The Morgan fingerprint density at radius 2 is 1.78 bits per heavy atom. The fourth-order valence-electron chi connectivity index (χ4n) is 3.37. The number of alkyl halides is 2. The Hall–Kier alpha value is -0.910. The third-order valence-corrected chi connectivity index (χ3v) is 4.34. The lowest BCUT2D eigenvalue weighted by molar-refractivity contribution is -0.116. The predicted molar refractivity (Wildman–Crippen MR) is 62.7 cm³/mol. The molecule has 2 atom stereocenters. The van der Waals surface area contributed by atoms with Gasteiger partial charge in [0.05, 0.1) is 13.1 Å². The molecule has 2 amide bonds. The van der Waals surface area contributed by atoms with E-state index in [0.717, 1.165) is 32.5 Å². The molecule has 2 bridgehead atoms. The largest absolute Gasteiger partial charge is 0.321 e. The van der Waals surface area contributed by atoms with Gasteiger partial charge in [-0.2, -0.15) is 0 Å². The van der Waals surface area contributed by atoms with E-state index in [-0.39, 0.29) is 18.1 Å². The van der Waals surface area contributed by atoms with Crippen LogP contribution in [0.4, 0.5) is 13.6 Å². The van der Waals surface area contributed by atoms with Crippen molar-refractivity contribution in [2.24, 2.45) is 0 Å². The molecule has 18 heavy (non-hydrogen) atoms. The van der Waals surface area contributed by atoms with Crippen LogP contribution in [0.15, 0.2) is 0 Å². The van der Waals surface area contributed by atoms with Crippen LogP contribution in [0, 0.1) is 0 Å². The van der Waals surface area contributed by atoms with Crippen LogP contribution < -0.4 is 0 Å². The summed E-state index contributed by atoms with van der Waals surface area (Å²) >= 11 is 0. The summed E-state index contributed by atoms with van der Waals surface area (Å²) < 4.78 is 25.6. The molecule has 3 rings (SSSR count). The van der Waals surface area contributed by atoms with E-state index in [1.54, 1.807) is 0 Å². The van der Waals surface area contributed by atoms with E-state index in [4.69, 9.17) is 0 Å². The highest BCUT2D eigenvalue weighted by molar-refractivity contribution is 5.77. The van der Waals surface area contributed by atoms with Crippen LogP contribution in [-0.4, -0.2) is 71.5 Å². The van der Waals surface area contributed by atoms with Gasteiger partial charge in [-0.25, -0.2) is 13.6 Å². The van der Waals surface area contributed by atoms with E-state index in [1.165, 1.54) is 4.90 Å². The third-order valence-electron chi connectivity index (χ3n) is 4.34. The molecule has 4 nitrogen and oxygen atoms in total. The number of amides is 2. The first-order chi connectivity index (χ1) is 8.50. The van der Waals surface area contributed by atoms with Gasteiger partial charge >= 0.3 is 6.03 Å². The van der Waals surface area contributed by atoms with Crippen LogP contribution in [0.5, 0.6) is 0 Å². The number of likely N-dealkylation sites (N-methyl/N-ethyl adjacent to an activating group) is 1. The summed E-state index contributed by atoms with van der Waals surface area (Å²) in [6, 6.07) is 0.278. The molecule has 102 valence electrons. The van der Waals surface area contributed by atoms with Crippen molar-refractivity contribution >= 4 is 6.03 Å². The van der Waals surface area contributed by atoms with Gasteiger partial charge in [-0.3, -0.25) is 4.90 Å². The first-order valence-electron chi connectivity index (χ1n) is 6.67. The highest BCUT2D eigenvalue weighted by Crippen LogP contribution is 2.34. The Bertz CT molecular complexity index is 341. The van der Waals surface area contributed by atoms with E-state index in [1.807, 2.05) is 4.90 Å². The lowest BCUT2D eigenvalue weighted by atomic mass is 10.1. The van der Waals surface area contributed by atoms with Crippen LogP contribution >= 0.6 is 0 Å². The first kappa shape index (κ1) is 12.1. The number of carbonyl (C=O) groups is 1. The fourth-order valence-corrected chi connectivity index (χ4v) is 3.37. The van der Waals surface area contributed by atoms with Crippen molar-refractivity contribution in [2.45, 2.75) is 37.8 Å². The van der Waals surface area contributed by atoms with Gasteiger partial charge in [-0.1, -0.05) is 6.92 Å². The van der Waals surface area contributed by atoms with E-state index in [0.29, 0.717) is 0 Å². The number of halogens is 2. The minimum atomic E-state index is -2.67. The summed E-state index contributed by atoms with van der Waals surface area (Å²) in [6.45, 7) is 4.09. The maximum atomic E-state index is 12.8. The summed E-state index contributed by atoms with van der Waals surface area (Å²) in [7, 11) is 0. The lowest BCUT2D eigenvalue weighted by Gasteiger charge is -2.46. The van der Waals surface area contributed by atoms with Gasteiger partial charge in [0.2, 0.25) is 0 Å². The number of urea groups is 1. The van der Waals surface area contributed by atoms with Crippen molar-refractivity contribution in [1.29, 1.82) is 0 Å². The number of fused-ring (bicyclic) bond motifs is 2. The molecule has 0 N–H and O–H groups in total. The molecule has 3 saturated heterocycles. The molecule has 3 fully saturated rings. The number of nitrogens with zero attached hydrogens (tertiary/aromatic N) is 3. The zero-order valence-electron chi connectivity index (χ0n) is 10.6. The quantitative estimate of drug-likeness (QED) is 0.708. The Morgan fingerprint density at radius 1 is 1.22 bits per heavy atom. The minimum absolute atomic E-state index is 0.177. The standard InChI is InChI=1S/C12H19F2N3O/c1-2-15-5-9-3-4-10(6-15)17(9)11(18)16-7-12(13,14)8-16/h9-10H,2-8H2,1H3. The number of piperazine rings is 1. The van der Waals surface area contributed by atoms with Crippen LogP contribution in [0.25, 0.3) is 0 Å². The van der Waals surface area contributed by atoms with Gasteiger partial charge in [-0.05, 0) is 19.4 Å². The Balaban J connectivity index is 1.66. The van der Waals surface area contributed by atoms with Gasteiger partial charge in [0.1, 0.15) is 0 Å². The molecule has 0 aromatic rings. The molecule has 3 aliphatic rings. The summed E-state index contributed by atoms with van der Waals surface area (Å²) in [4.78, 5) is 17.7. The number of hydrogen-bond donors (Lipinski definition) is 0. The van der Waals surface area contributed by atoms with Crippen molar-refractivity contribution in [3.05, 3.63) is 0 Å². The molecule has 0 radical (unpaired) electrons. The molecule has 6 heteroatoms. The predicted octanol–water partition coefficient (Wildman–Crippen LogP) is 1.23. The first-order valence-corrected chi connectivity index (χ1v) is 6.67. The summed E-state index contributed by atoms with van der Waals surface area (Å²) in [5.74, 6) is -2.67. The van der Waals surface area contributed by atoms with Gasteiger partial charge < -0.3 is 9.80 Å². The zero-order valence-corrected chi connectivity index (χ0v) is 10.6. The molecule has 2 unspecified atom stereocenters. The normalized spacial score (nSPS) is 34.6. The average Bonchev–Trinajstić information content (AvgIpc) is 2.55. The van der Waals surface area contributed by atoms with Crippen LogP contribution in [-0.2, 0) is 0 Å². The number of hydrogen-bond acceptors (Lipinski definition) is 2. The maximum Gasteiger partial charge on any atom is 0.321 e. The molecule has 0 aromatic carbocycles. The third kappa shape index (κ3) is 1.86. The summed E-state index contributed by atoms with van der Waals surface area (Å²) in [5, 5.41) is 0. The Morgan fingerprint density at radius 3 is 2.22 bits per heavy atom. The zero-order chi connectivity index (χ0) is 12.9. The van der Waals surface area contributed by atoms with Crippen molar-refractivity contribution < 1.29 is 13.6 Å². The number of carbonyl (C=O) groups excluding carboxylic acids is 1. The van der Waals surface area contributed by atoms with Crippen molar-refractivity contribution in [2.75, 3.05) is 32.7 Å². The Labute approximate surface area is 106 Å². The summed E-state index contributed by atoms with van der Waals surface area (Å²) in [5.41, 5.74) is 0. The Kier molecular flexibility index (Phi) is 2.73. The molecular weight excluding hydrogens is 240 g/mol. The smallest absolute Gasteiger partial charge is 0.316 e. The number of rotatable bonds is 1. The molecule has 0 aromatic heterocycles.